The maximum atomic E-state index is 14.8. The molecule has 0 unspecified atom stereocenters. The Morgan fingerprint density at radius 2 is 0.934 bits per heavy atom. The number of carbonyl (C=O) groups excluding carboxylic acids is 15. The summed E-state index contributed by atoms with van der Waals surface area (Å²) in [6.07, 6.45) is 4.41. The first-order chi connectivity index (χ1) is 57.7. The third-order valence-corrected chi connectivity index (χ3v) is 21.7. The quantitative estimate of drug-likeness (QED) is 0.0260. The van der Waals surface area contributed by atoms with Crippen LogP contribution in [0.3, 0.4) is 0 Å². The van der Waals surface area contributed by atoms with Gasteiger partial charge in [0.1, 0.15) is 78.5 Å². The third kappa shape index (κ3) is 31.7. The molecule has 0 saturated carbocycles. The minimum Gasteiger partial charge on any atom is -0.481 e. The van der Waals surface area contributed by atoms with Gasteiger partial charge in [0.05, 0.1) is 37.9 Å². The van der Waals surface area contributed by atoms with E-state index in [-0.39, 0.29) is 57.3 Å². The van der Waals surface area contributed by atoms with Crippen LogP contribution in [-0.2, 0) is 106 Å². The third-order valence-electron chi connectivity index (χ3n) is 21.1. The number of amides is 15. The number of aromatic nitrogens is 4. The van der Waals surface area contributed by atoms with Crippen LogP contribution in [0.4, 0.5) is 0 Å². The van der Waals surface area contributed by atoms with Crippen molar-refractivity contribution in [3.05, 3.63) is 72.3 Å². The number of aliphatic hydroxyl groups is 1. The number of aliphatic carboxylic acids is 3. The molecular formula is C79H120N20O22S. The molecule has 17 atom stereocenters. The van der Waals surface area contributed by atoms with Gasteiger partial charge in [-0.05, 0) is 100 Å². The van der Waals surface area contributed by atoms with Gasteiger partial charge in [-0.1, -0.05) is 98.6 Å². The summed E-state index contributed by atoms with van der Waals surface area (Å²) in [5.41, 5.74) is 7.14. The summed E-state index contributed by atoms with van der Waals surface area (Å²) in [6.45, 7) is 14.7. The van der Waals surface area contributed by atoms with Crippen LogP contribution in [0.2, 0.25) is 0 Å². The molecule has 2 saturated heterocycles. The number of carboxylic acid groups (broad SMARTS) is 3. The Balaban J connectivity index is 1.25. The predicted octanol–water partition coefficient (Wildman–Crippen LogP) is -3.59. The Kier molecular flexibility index (Phi) is 41.3. The number of nitrogens with one attached hydrogen (secondary N) is 15. The van der Waals surface area contributed by atoms with E-state index in [1.807, 2.05) is 6.26 Å². The molecule has 2 aliphatic heterocycles. The van der Waals surface area contributed by atoms with Crippen LogP contribution in [0, 0.1) is 23.7 Å². The lowest BCUT2D eigenvalue weighted by atomic mass is 9.94. The molecule has 2 aliphatic rings. The molecular weight excluding hydrogens is 1610 g/mol. The van der Waals surface area contributed by atoms with Gasteiger partial charge in [0.25, 0.3) is 0 Å². The van der Waals surface area contributed by atoms with Crippen molar-refractivity contribution in [1.82, 2.24) is 98.9 Å². The van der Waals surface area contributed by atoms with Gasteiger partial charge in [-0.15, -0.1) is 0 Å². The van der Waals surface area contributed by atoms with Crippen LogP contribution in [0.25, 0.3) is 0 Å². The van der Waals surface area contributed by atoms with Crippen LogP contribution >= 0.6 is 11.8 Å². The zero-order valence-corrected chi connectivity index (χ0v) is 71.3. The lowest BCUT2D eigenvalue weighted by Crippen LogP contribution is -2.63. The second-order valence-electron chi connectivity index (χ2n) is 31.2. The summed E-state index contributed by atoms with van der Waals surface area (Å²) < 4.78 is 0. The molecule has 674 valence electrons. The number of benzene rings is 1. The first-order valence-electron chi connectivity index (χ1n) is 40.8. The van der Waals surface area contributed by atoms with Crippen LogP contribution in [-0.4, -0.2) is 286 Å². The van der Waals surface area contributed by atoms with Crippen molar-refractivity contribution in [2.24, 2.45) is 29.4 Å². The average molecular weight is 1730 g/mol. The largest absolute Gasteiger partial charge is 0.481 e. The molecule has 122 heavy (non-hydrogen) atoms. The van der Waals surface area contributed by atoms with E-state index in [0.717, 1.165) is 6.92 Å². The average Bonchev–Trinajstić information content (AvgIpc) is 1.84. The van der Waals surface area contributed by atoms with Gasteiger partial charge in [0.2, 0.25) is 88.6 Å². The molecule has 4 heterocycles. The smallest absolute Gasteiger partial charge is 0.326 e. The highest BCUT2D eigenvalue weighted by Gasteiger charge is 2.44. The number of imidazole rings is 2. The normalized spacial score (nSPS) is 17.5. The van der Waals surface area contributed by atoms with Crippen molar-refractivity contribution in [1.29, 1.82) is 0 Å². The van der Waals surface area contributed by atoms with E-state index in [4.69, 9.17) is 10.8 Å². The van der Waals surface area contributed by atoms with E-state index in [1.54, 1.807) is 85.7 Å². The summed E-state index contributed by atoms with van der Waals surface area (Å²) in [5.74, 6) is -19.1. The zero-order chi connectivity index (χ0) is 90.8. The predicted molar refractivity (Wildman–Crippen MR) is 440 cm³/mol. The number of hydrogen-bond acceptors (Lipinski definition) is 23. The zero-order valence-electron chi connectivity index (χ0n) is 70.5. The van der Waals surface area contributed by atoms with E-state index in [2.05, 4.69) is 89.1 Å². The summed E-state index contributed by atoms with van der Waals surface area (Å²) in [6, 6.07) is -11.2. The second kappa shape index (κ2) is 49.9. The van der Waals surface area contributed by atoms with Crippen LogP contribution in [0.5, 0.6) is 0 Å². The molecule has 2 aromatic heterocycles. The van der Waals surface area contributed by atoms with Gasteiger partial charge < -0.3 is 115 Å². The van der Waals surface area contributed by atoms with Gasteiger partial charge in [0.15, 0.2) is 0 Å². The van der Waals surface area contributed by atoms with Crippen molar-refractivity contribution in [3.63, 3.8) is 0 Å². The monoisotopic (exact) mass is 1730 g/mol. The SMILES string of the molecule is CC[C@H](C)[C@H](NC(=O)[C@@H](NC(=O)[C@@H]1CCCN1C(=O)[C@H](Cc1cnc[nH]1)NC(=O)[C@@H]1CCCN1C(=O)CNC(=O)[C@H](C)NC(=O)[C@@H](N)CCSC)C(C)C)C(=O)N[C@H](C(=O)N[C@H](C(=O)N[C@H](C(=O)NCC(=O)N[C@@H](Cc1ccccc1)C(=O)N[C@@H](Cc1cnc[nH]1)C(=O)N[C@@H](CCC(=O)O)C(=O)N[C@@H](CCC(=O)O)C(=O)O)[C@@H](C)O)[C@@H](C)CC)C(C)C. The number of nitrogens with zero attached hydrogens (tertiary/aromatic N) is 4. The Labute approximate surface area is 710 Å². The molecule has 0 aliphatic carbocycles. The first-order valence-corrected chi connectivity index (χ1v) is 42.2. The molecule has 0 bridgehead atoms. The van der Waals surface area contributed by atoms with Crippen molar-refractivity contribution in [2.45, 2.75) is 250 Å². The number of hydrogen-bond donors (Lipinski definition) is 20. The standard InChI is InChI=1S/C79H120N20O22S/c1-12-42(7)63(95-74(115)61(40(3)4)93-72(113)56-22-18-29-99(56)78(119)54(33-48-35-82-39-86-48)92-71(112)55-21-17-28-98(55)58(102)37-84-66(107)44(9)87-67(108)49(80)27-30-122-11)76(117)94-62(41(5)6)75(116)96-64(43(8)13-2)77(118)97-65(45(10)100)73(114)83-36-57(101)88-52(31-46-19-15-14-16-20-46)69(110)91-53(32-47-34-81-38-85-47)70(111)89-50(23-25-59(103)104)68(109)90-51(79(120)121)24-26-60(105)106/h14-16,19-20,34-35,38-45,49-56,61-65,100H,12-13,17-18,21-33,36-37,80H2,1-11H3,(H,81,85)(H,82,86)(H,83,114)(H,84,107)(H,87,108)(H,88,101)(H,89,111)(H,90,109)(H,91,110)(H,92,112)(H,93,113)(H,94,117)(H,95,115)(H,96,116)(H,97,118)(H,103,104)(H,105,106)(H,120,121)/t42-,43-,44-,45+,49-,50-,51-,52-,53-,54-,55-,56-,61-,62-,63-,64-,65-/m0/s1. The van der Waals surface area contributed by atoms with Crippen LogP contribution in [0.15, 0.2) is 55.4 Å². The number of carboxylic acids is 3. The molecule has 43 heteroatoms. The molecule has 0 radical (unpaired) electrons. The van der Waals surface area contributed by atoms with E-state index in [9.17, 15) is 102 Å². The number of aliphatic hydroxyl groups excluding tert-OH is 1. The number of H-pyrrole nitrogens is 2. The van der Waals surface area contributed by atoms with Gasteiger partial charge in [0, 0.05) is 69.0 Å². The highest BCUT2D eigenvalue weighted by molar-refractivity contribution is 7.98. The molecule has 15 amide bonds. The van der Waals surface area contributed by atoms with E-state index >= 15 is 0 Å². The molecule has 42 nitrogen and oxygen atoms in total. The number of aromatic amines is 2. The summed E-state index contributed by atoms with van der Waals surface area (Å²) >= 11 is 1.51. The Morgan fingerprint density at radius 3 is 1.43 bits per heavy atom. The Hall–Kier alpha value is -11.6. The van der Waals surface area contributed by atoms with Crippen LogP contribution < -0.4 is 74.9 Å². The minimum atomic E-state index is -1.81. The molecule has 21 N–H and O–H groups in total. The van der Waals surface area contributed by atoms with Gasteiger partial charge in [-0.25, -0.2) is 14.8 Å². The van der Waals surface area contributed by atoms with Crippen molar-refractivity contribution >= 4 is 118 Å². The lowest BCUT2D eigenvalue weighted by Gasteiger charge is -2.33. The highest BCUT2D eigenvalue weighted by atomic mass is 32.2. The van der Waals surface area contributed by atoms with E-state index in [0.29, 0.717) is 42.7 Å². The molecule has 1 aromatic carbocycles. The number of likely N-dealkylation sites (tertiary alicyclic amines) is 2. The van der Waals surface area contributed by atoms with Crippen LogP contribution in [0.1, 0.15) is 157 Å². The maximum Gasteiger partial charge on any atom is 0.326 e. The molecule has 0 spiro atoms. The van der Waals surface area contributed by atoms with Gasteiger partial charge in [-0.2, -0.15) is 11.8 Å². The van der Waals surface area contributed by atoms with Gasteiger partial charge >= 0.3 is 17.9 Å². The summed E-state index contributed by atoms with van der Waals surface area (Å²) in [4.78, 5) is 262. The lowest BCUT2D eigenvalue weighted by molar-refractivity contribution is -0.144. The molecule has 2 fully saturated rings. The Bertz CT molecular complexity index is 4080. The van der Waals surface area contributed by atoms with Gasteiger partial charge in [-0.3, -0.25) is 81.5 Å². The first kappa shape index (κ1) is 101. The summed E-state index contributed by atoms with van der Waals surface area (Å²) in [7, 11) is 0. The highest BCUT2D eigenvalue weighted by Crippen LogP contribution is 2.24. The fraction of sp³-hybridized carbons (Fsp3) is 0.620. The molecule has 3 aromatic rings. The maximum absolute atomic E-state index is 14.8. The number of nitrogens with two attached hydrogens (primary N) is 1. The topological polar surface area (TPSA) is 634 Å². The number of carbonyl (C=O) groups is 18. The fourth-order valence-corrected chi connectivity index (χ4v) is 14.0. The summed E-state index contributed by atoms with van der Waals surface area (Å²) in [5, 5.41) is 72.5. The number of rotatable bonds is 51. The van der Waals surface area contributed by atoms with Crippen molar-refractivity contribution < 1.29 is 107 Å². The second-order valence-corrected chi connectivity index (χ2v) is 32.2. The minimum absolute atomic E-state index is 0.0751. The van der Waals surface area contributed by atoms with E-state index in [1.165, 1.54) is 53.5 Å². The number of thioether (sulfide) groups is 1. The fourth-order valence-electron chi connectivity index (χ4n) is 13.5. The van der Waals surface area contributed by atoms with Crippen molar-refractivity contribution in [3.8, 4) is 0 Å². The van der Waals surface area contributed by atoms with Crippen molar-refractivity contribution in [2.75, 3.05) is 38.2 Å². The van der Waals surface area contributed by atoms with E-state index < -0.39 is 260 Å². The Morgan fingerprint density at radius 1 is 0.484 bits per heavy atom. The molecule has 5 rings (SSSR count).